The first-order chi connectivity index (χ1) is 10.7. The highest BCUT2D eigenvalue weighted by molar-refractivity contribution is 5.92. The Labute approximate surface area is 130 Å². The second-order valence-corrected chi connectivity index (χ2v) is 4.83. The first-order valence-electron chi connectivity index (χ1n) is 7.13. The first-order valence-corrected chi connectivity index (χ1v) is 7.13. The zero-order valence-corrected chi connectivity index (χ0v) is 12.8. The van der Waals surface area contributed by atoms with Crippen molar-refractivity contribution in [3.05, 3.63) is 48.3 Å². The van der Waals surface area contributed by atoms with Gasteiger partial charge in [0.05, 0.1) is 19.9 Å². The summed E-state index contributed by atoms with van der Waals surface area (Å²) in [7, 11) is 3.15. The number of nitrogens with zero attached hydrogens (tertiary/aromatic N) is 1. The molecule has 0 bridgehead atoms. The van der Waals surface area contributed by atoms with Crippen LogP contribution in [0.15, 0.2) is 42.7 Å². The summed E-state index contributed by atoms with van der Waals surface area (Å²) in [5.41, 5.74) is 1.75. The molecule has 1 aromatic carbocycles. The molecule has 5 heteroatoms. The summed E-state index contributed by atoms with van der Waals surface area (Å²) in [6.45, 7) is 0. The van der Waals surface area contributed by atoms with E-state index in [0.29, 0.717) is 23.6 Å². The van der Waals surface area contributed by atoms with E-state index in [0.717, 1.165) is 18.4 Å². The number of rotatable bonds is 7. The van der Waals surface area contributed by atoms with Gasteiger partial charge in [-0.05, 0) is 36.6 Å². The maximum absolute atomic E-state index is 12.0. The molecule has 0 saturated heterocycles. The molecular weight excluding hydrogens is 280 g/mol. The van der Waals surface area contributed by atoms with Gasteiger partial charge in [0.1, 0.15) is 11.5 Å². The van der Waals surface area contributed by atoms with Crippen LogP contribution >= 0.6 is 0 Å². The van der Waals surface area contributed by atoms with Crippen molar-refractivity contribution >= 4 is 11.6 Å². The number of amides is 1. The van der Waals surface area contributed by atoms with Gasteiger partial charge in [0.25, 0.3) is 0 Å². The predicted molar refractivity (Wildman–Crippen MR) is 85.4 cm³/mol. The summed E-state index contributed by atoms with van der Waals surface area (Å²) < 4.78 is 10.4. The van der Waals surface area contributed by atoms with Crippen molar-refractivity contribution in [2.45, 2.75) is 19.3 Å². The van der Waals surface area contributed by atoms with E-state index in [2.05, 4.69) is 10.3 Å². The lowest BCUT2D eigenvalue weighted by Gasteiger charge is -2.11. The molecule has 1 amide bonds. The number of aromatic nitrogens is 1. The standard InChI is InChI=1S/C17H20N2O3/c1-21-14-8-9-16(22-2)15(11-14)19-17(20)7-3-5-13-6-4-10-18-12-13/h4,6,8-12H,3,5,7H2,1-2H3,(H,19,20). The number of benzene rings is 1. The summed E-state index contributed by atoms with van der Waals surface area (Å²) in [6.07, 6.45) is 5.60. The third kappa shape index (κ3) is 4.48. The molecule has 0 aliphatic carbocycles. The Morgan fingerprint density at radius 1 is 1.23 bits per heavy atom. The molecule has 0 unspecified atom stereocenters. The average molecular weight is 300 g/mol. The van der Waals surface area contributed by atoms with Crippen molar-refractivity contribution in [1.82, 2.24) is 4.98 Å². The molecule has 0 fully saturated rings. The lowest BCUT2D eigenvalue weighted by Crippen LogP contribution is -2.12. The molecular formula is C17H20N2O3. The van der Waals surface area contributed by atoms with Crippen LogP contribution in [0.3, 0.4) is 0 Å². The predicted octanol–water partition coefficient (Wildman–Crippen LogP) is 3.06. The number of carbonyl (C=O) groups excluding carboxylic acids is 1. The second kappa shape index (κ2) is 8.02. The Morgan fingerprint density at radius 2 is 2.09 bits per heavy atom. The number of carbonyl (C=O) groups is 1. The quantitative estimate of drug-likeness (QED) is 0.853. The van der Waals surface area contributed by atoms with E-state index in [1.165, 1.54) is 0 Å². The molecule has 0 spiro atoms. The van der Waals surface area contributed by atoms with Crippen LogP contribution < -0.4 is 14.8 Å². The van der Waals surface area contributed by atoms with E-state index >= 15 is 0 Å². The summed E-state index contributed by atoms with van der Waals surface area (Å²) in [5.74, 6) is 1.24. The molecule has 1 heterocycles. The summed E-state index contributed by atoms with van der Waals surface area (Å²) in [4.78, 5) is 16.1. The van der Waals surface area contributed by atoms with E-state index in [1.807, 2.05) is 18.3 Å². The van der Waals surface area contributed by atoms with Gasteiger partial charge in [-0.1, -0.05) is 6.07 Å². The van der Waals surface area contributed by atoms with Gasteiger partial charge >= 0.3 is 0 Å². The zero-order chi connectivity index (χ0) is 15.8. The largest absolute Gasteiger partial charge is 0.497 e. The van der Waals surface area contributed by atoms with Crippen LogP contribution in [0, 0.1) is 0 Å². The maximum Gasteiger partial charge on any atom is 0.224 e. The minimum atomic E-state index is -0.0459. The van der Waals surface area contributed by atoms with Crippen LogP contribution in [-0.4, -0.2) is 25.1 Å². The van der Waals surface area contributed by atoms with E-state index < -0.39 is 0 Å². The minimum absolute atomic E-state index is 0.0459. The number of aryl methyl sites for hydroxylation is 1. The first kappa shape index (κ1) is 15.8. The highest BCUT2D eigenvalue weighted by atomic mass is 16.5. The number of pyridine rings is 1. The fourth-order valence-electron chi connectivity index (χ4n) is 2.12. The lowest BCUT2D eigenvalue weighted by molar-refractivity contribution is -0.116. The summed E-state index contributed by atoms with van der Waals surface area (Å²) >= 11 is 0. The number of hydrogen-bond donors (Lipinski definition) is 1. The molecule has 5 nitrogen and oxygen atoms in total. The topological polar surface area (TPSA) is 60.5 Å². The molecule has 0 radical (unpaired) electrons. The highest BCUT2D eigenvalue weighted by Crippen LogP contribution is 2.29. The van der Waals surface area contributed by atoms with Crippen LogP contribution in [0.25, 0.3) is 0 Å². The third-order valence-electron chi connectivity index (χ3n) is 3.27. The Bertz CT molecular complexity index is 615. The van der Waals surface area contributed by atoms with Gasteiger partial charge in [-0.25, -0.2) is 0 Å². The van der Waals surface area contributed by atoms with Crippen LogP contribution in [0.2, 0.25) is 0 Å². The van der Waals surface area contributed by atoms with E-state index in [1.54, 1.807) is 38.6 Å². The number of hydrogen-bond acceptors (Lipinski definition) is 4. The Kier molecular flexibility index (Phi) is 5.77. The van der Waals surface area contributed by atoms with Gasteiger partial charge in [-0.2, -0.15) is 0 Å². The molecule has 0 saturated carbocycles. The molecule has 116 valence electrons. The van der Waals surface area contributed by atoms with Gasteiger partial charge in [0.2, 0.25) is 5.91 Å². The van der Waals surface area contributed by atoms with Crippen molar-refractivity contribution in [1.29, 1.82) is 0 Å². The van der Waals surface area contributed by atoms with Crippen LogP contribution in [0.4, 0.5) is 5.69 Å². The van der Waals surface area contributed by atoms with Gasteiger partial charge in [0.15, 0.2) is 0 Å². The summed E-state index contributed by atoms with van der Waals surface area (Å²) in [5, 5.41) is 2.86. The second-order valence-electron chi connectivity index (χ2n) is 4.83. The van der Waals surface area contributed by atoms with Gasteiger partial charge in [-0.15, -0.1) is 0 Å². The molecule has 2 aromatic rings. The van der Waals surface area contributed by atoms with Crippen molar-refractivity contribution in [3.8, 4) is 11.5 Å². The van der Waals surface area contributed by atoms with Gasteiger partial charge in [0, 0.05) is 24.9 Å². The monoisotopic (exact) mass is 300 g/mol. The smallest absolute Gasteiger partial charge is 0.224 e. The summed E-state index contributed by atoms with van der Waals surface area (Å²) in [6, 6.07) is 9.21. The van der Waals surface area contributed by atoms with E-state index in [-0.39, 0.29) is 5.91 Å². The average Bonchev–Trinajstić information content (AvgIpc) is 2.55. The van der Waals surface area contributed by atoms with Gasteiger partial charge in [-0.3, -0.25) is 9.78 Å². The molecule has 22 heavy (non-hydrogen) atoms. The fourth-order valence-corrected chi connectivity index (χ4v) is 2.12. The minimum Gasteiger partial charge on any atom is -0.497 e. The van der Waals surface area contributed by atoms with Crippen LogP contribution in [0.1, 0.15) is 18.4 Å². The van der Waals surface area contributed by atoms with E-state index in [4.69, 9.17) is 9.47 Å². The third-order valence-corrected chi connectivity index (χ3v) is 3.27. The lowest BCUT2D eigenvalue weighted by atomic mass is 10.1. The Balaban J connectivity index is 1.89. The number of ether oxygens (including phenoxy) is 2. The molecule has 0 aliphatic rings. The normalized spacial score (nSPS) is 10.1. The molecule has 1 aromatic heterocycles. The Morgan fingerprint density at radius 3 is 2.77 bits per heavy atom. The number of anilines is 1. The highest BCUT2D eigenvalue weighted by Gasteiger charge is 2.09. The Hall–Kier alpha value is -2.56. The maximum atomic E-state index is 12.0. The van der Waals surface area contributed by atoms with E-state index in [9.17, 15) is 4.79 Å². The van der Waals surface area contributed by atoms with Gasteiger partial charge < -0.3 is 14.8 Å². The molecule has 1 N–H and O–H groups in total. The van der Waals surface area contributed by atoms with Crippen LogP contribution in [0.5, 0.6) is 11.5 Å². The fraction of sp³-hybridized carbons (Fsp3) is 0.294. The van der Waals surface area contributed by atoms with Crippen molar-refractivity contribution in [2.75, 3.05) is 19.5 Å². The molecule has 2 rings (SSSR count). The molecule has 0 aliphatic heterocycles. The number of methoxy groups -OCH3 is 2. The number of nitrogens with one attached hydrogen (secondary N) is 1. The zero-order valence-electron chi connectivity index (χ0n) is 12.8. The van der Waals surface area contributed by atoms with Crippen molar-refractivity contribution < 1.29 is 14.3 Å². The van der Waals surface area contributed by atoms with Crippen LogP contribution in [-0.2, 0) is 11.2 Å². The van der Waals surface area contributed by atoms with Crippen molar-refractivity contribution in [2.24, 2.45) is 0 Å². The molecule has 0 atom stereocenters. The van der Waals surface area contributed by atoms with Crippen molar-refractivity contribution in [3.63, 3.8) is 0 Å². The SMILES string of the molecule is COc1ccc(OC)c(NC(=O)CCCc2cccnc2)c1.